The molecule has 3 heterocycles. The standard InChI is InChI=1S/C29H26ClN3O3/c1-29-27-26(22-8-3-4-9-24(22)31-27)23(19-10-12-20(30)13-11-19)16-33(29)25(34)17-32(28(29)35)15-18-6-5-7-21(14-18)36-2/h3-14,23,31H,15-17H2,1-2H3/t23-,29+/m1/s1. The molecule has 0 saturated carbocycles. The third-order valence-electron chi connectivity index (χ3n) is 7.60. The summed E-state index contributed by atoms with van der Waals surface area (Å²) in [6.07, 6.45) is 0. The van der Waals surface area contributed by atoms with Crippen LogP contribution in [0.4, 0.5) is 0 Å². The lowest BCUT2D eigenvalue weighted by molar-refractivity contribution is -0.166. The Balaban J connectivity index is 1.48. The maximum absolute atomic E-state index is 14.2. The zero-order valence-electron chi connectivity index (χ0n) is 20.1. The molecular weight excluding hydrogens is 474 g/mol. The molecule has 0 radical (unpaired) electrons. The van der Waals surface area contributed by atoms with Crippen molar-refractivity contribution in [2.24, 2.45) is 0 Å². The number of ether oxygens (including phenoxy) is 1. The third kappa shape index (κ3) is 3.39. The Hall–Kier alpha value is -3.77. The van der Waals surface area contributed by atoms with Crippen molar-refractivity contribution in [2.75, 3.05) is 20.2 Å². The number of benzene rings is 3. The summed E-state index contributed by atoms with van der Waals surface area (Å²) < 4.78 is 5.35. The van der Waals surface area contributed by atoms with Gasteiger partial charge in [0.15, 0.2) is 5.54 Å². The number of hydrogen-bond donors (Lipinski definition) is 1. The van der Waals surface area contributed by atoms with Crippen molar-refractivity contribution in [1.29, 1.82) is 0 Å². The van der Waals surface area contributed by atoms with Crippen molar-refractivity contribution in [1.82, 2.24) is 14.8 Å². The van der Waals surface area contributed by atoms with E-state index in [4.69, 9.17) is 16.3 Å². The van der Waals surface area contributed by atoms with Crippen LogP contribution >= 0.6 is 11.6 Å². The van der Waals surface area contributed by atoms with E-state index in [1.807, 2.05) is 73.7 Å². The highest BCUT2D eigenvalue weighted by molar-refractivity contribution is 6.30. The minimum absolute atomic E-state index is 0.0362. The van der Waals surface area contributed by atoms with Gasteiger partial charge in [0.25, 0.3) is 5.91 Å². The van der Waals surface area contributed by atoms with Crippen LogP contribution in [-0.4, -0.2) is 46.8 Å². The van der Waals surface area contributed by atoms with Gasteiger partial charge in [-0.2, -0.15) is 0 Å². The predicted molar refractivity (Wildman–Crippen MR) is 139 cm³/mol. The van der Waals surface area contributed by atoms with Crippen LogP contribution in [-0.2, 0) is 21.7 Å². The third-order valence-corrected chi connectivity index (χ3v) is 7.85. The maximum atomic E-state index is 14.2. The molecule has 4 aromatic rings. The monoisotopic (exact) mass is 499 g/mol. The van der Waals surface area contributed by atoms with E-state index in [0.29, 0.717) is 18.1 Å². The summed E-state index contributed by atoms with van der Waals surface area (Å²) in [4.78, 5) is 34.8. The van der Waals surface area contributed by atoms with E-state index in [1.165, 1.54) is 0 Å². The van der Waals surface area contributed by atoms with Crippen LogP contribution in [0.15, 0.2) is 72.8 Å². The molecular formula is C29H26ClN3O3. The van der Waals surface area contributed by atoms with Gasteiger partial charge in [0.2, 0.25) is 5.91 Å². The Labute approximate surface area is 214 Å². The van der Waals surface area contributed by atoms with Gasteiger partial charge in [0, 0.05) is 34.9 Å². The zero-order valence-corrected chi connectivity index (χ0v) is 20.9. The van der Waals surface area contributed by atoms with E-state index >= 15 is 0 Å². The lowest BCUT2D eigenvalue weighted by Crippen LogP contribution is -2.67. The number of H-pyrrole nitrogens is 1. The van der Waals surface area contributed by atoms with E-state index in [0.717, 1.165) is 39.0 Å². The summed E-state index contributed by atoms with van der Waals surface area (Å²) in [7, 11) is 1.62. The van der Waals surface area contributed by atoms with Gasteiger partial charge in [-0.05, 0) is 53.9 Å². The summed E-state index contributed by atoms with van der Waals surface area (Å²) >= 11 is 6.17. The number of aromatic nitrogens is 1. The Morgan fingerprint density at radius 1 is 1.06 bits per heavy atom. The van der Waals surface area contributed by atoms with Crippen LogP contribution < -0.4 is 4.74 Å². The first-order valence-electron chi connectivity index (χ1n) is 12.0. The van der Waals surface area contributed by atoms with Gasteiger partial charge >= 0.3 is 0 Å². The number of amides is 2. The molecule has 1 saturated heterocycles. The van der Waals surface area contributed by atoms with Crippen molar-refractivity contribution in [3.8, 4) is 5.75 Å². The lowest BCUT2D eigenvalue weighted by Gasteiger charge is -2.51. The van der Waals surface area contributed by atoms with Crippen molar-refractivity contribution in [2.45, 2.75) is 24.9 Å². The van der Waals surface area contributed by atoms with E-state index in [-0.39, 0.29) is 24.3 Å². The highest BCUT2D eigenvalue weighted by Crippen LogP contribution is 2.48. The molecule has 0 aliphatic carbocycles. The number of aromatic amines is 1. The molecule has 6 nitrogen and oxygen atoms in total. The number of halogens is 1. The first-order chi connectivity index (χ1) is 17.4. The highest BCUT2D eigenvalue weighted by Gasteiger charge is 2.56. The molecule has 2 amide bonds. The van der Waals surface area contributed by atoms with Crippen molar-refractivity contribution in [3.63, 3.8) is 0 Å². The molecule has 6 rings (SSSR count). The van der Waals surface area contributed by atoms with E-state index in [1.54, 1.807) is 16.9 Å². The molecule has 36 heavy (non-hydrogen) atoms. The van der Waals surface area contributed by atoms with Crippen molar-refractivity contribution < 1.29 is 14.3 Å². The van der Waals surface area contributed by atoms with E-state index < -0.39 is 5.54 Å². The predicted octanol–water partition coefficient (Wildman–Crippen LogP) is 5.06. The minimum atomic E-state index is -1.13. The second-order valence-corrected chi connectivity index (χ2v) is 10.1. The van der Waals surface area contributed by atoms with Gasteiger partial charge in [-0.3, -0.25) is 9.59 Å². The second kappa shape index (κ2) is 8.42. The summed E-state index contributed by atoms with van der Waals surface area (Å²) in [5, 5.41) is 1.73. The summed E-state index contributed by atoms with van der Waals surface area (Å²) in [5.41, 5.74) is 3.64. The highest BCUT2D eigenvalue weighted by atomic mass is 35.5. The zero-order chi connectivity index (χ0) is 25.0. The molecule has 2 aliphatic rings. The number of hydrogen-bond acceptors (Lipinski definition) is 3. The summed E-state index contributed by atoms with van der Waals surface area (Å²) in [6.45, 7) is 2.66. The number of fused-ring (bicyclic) bond motifs is 5. The molecule has 1 fully saturated rings. The van der Waals surface area contributed by atoms with Crippen LogP contribution in [0.1, 0.15) is 35.2 Å². The fourth-order valence-corrected chi connectivity index (χ4v) is 5.91. The maximum Gasteiger partial charge on any atom is 0.255 e. The Morgan fingerprint density at radius 3 is 2.61 bits per heavy atom. The Bertz CT molecular complexity index is 1500. The average molecular weight is 500 g/mol. The number of rotatable bonds is 4. The fraction of sp³-hybridized carbons (Fsp3) is 0.241. The largest absolute Gasteiger partial charge is 0.497 e. The smallest absolute Gasteiger partial charge is 0.255 e. The number of nitrogens with one attached hydrogen (secondary N) is 1. The van der Waals surface area contributed by atoms with E-state index in [9.17, 15) is 9.59 Å². The Kier molecular flexibility index (Phi) is 5.30. The van der Waals surface area contributed by atoms with Crippen molar-refractivity contribution >= 4 is 34.3 Å². The number of para-hydroxylation sites is 1. The van der Waals surface area contributed by atoms with Gasteiger partial charge in [0.1, 0.15) is 12.3 Å². The molecule has 2 atom stereocenters. The number of piperazine rings is 1. The number of carbonyl (C=O) groups is 2. The lowest BCUT2D eigenvalue weighted by atomic mass is 9.76. The van der Waals surface area contributed by atoms with Crippen LogP contribution in [0.25, 0.3) is 10.9 Å². The summed E-state index contributed by atoms with van der Waals surface area (Å²) in [6, 6.07) is 23.4. The van der Waals surface area contributed by atoms with Gasteiger partial charge in [-0.15, -0.1) is 0 Å². The van der Waals surface area contributed by atoms with Crippen molar-refractivity contribution in [3.05, 3.63) is 100 Å². The molecule has 7 heteroatoms. The van der Waals surface area contributed by atoms with Crippen LogP contribution in [0, 0.1) is 0 Å². The second-order valence-electron chi connectivity index (χ2n) is 9.65. The fourth-order valence-electron chi connectivity index (χ4n) is 5.79. The summed E-state index contributed by atoms with van der Waals surface area (Å²) in [5.74, 6) is 0.483. The molecule has 0 unspecified atom stereocenters. The normalized spacial score (nSPS) is 21.5. The topological polar surface area (TPSA) is 65.6 Å². The van der Waals surface area contributed by atoms with E-state index in [2.05, 4.69) is 11.1 Å². The number of nitrogens with zero attached hydrogens (tertiary/aromatic N) is 2. The van der Waals surface area contributed by atoms with Gasteiger partial charge in [0.05, 0.1) is 12.8 Å². The molecule has 1 N–H and O–H groups in total. The minimum Gasteiger partial charge on any atom is -0.497 e. The van der Waals surface area contributed by atoms with Gasteiger partial charge in [-0.1, -0.05) is 54.1 Å². The number of carbonyl (C=O) groups excluding carboxylic acids is 2. The SMILES string of the molecule is COc1cccc(CN2CC(=O)N3C[C@H](c4ccc(Cl)cc4)c4c([nH]c5ccccc45)[C@@]3(C)C2=O)c1. The first kappa shape index (κ1) is 22.7. The first-order valence-corrected chi connectivity index (χ1v) is 12.4. The van der Waals surface area contributed by atoms with Gasteiger partial charge in [-0.25, -0.2) is 0 Å². The quantitative estimate of drug-likeness (QED) is 0.427. The molecule has 0 spiro atoms. The molecule has 0 bridgehead atoms. The Morgan fingerprint density at radius 2 is 1.83 bits per heavy atom. The molecule has 2 aliphatic heterocycles. The molecule has 1 aromatic heterocycles. The molecule has 3 aromatic carbocycles. The molecule has 182 valence electrons. The number of methoxy groups -OCH3 is 1. The van der Waals surface area contributed by atoms with Crippen LogP contribution in [0.5, 0.6) is 5.75 Å². The average Bonchev–Trinajstić information content (AvgIpc) is 3.29. The van der Waals surface area contributed by atoms with Gasteiger partial charge < -0.3 is 19.5 Å². The van der Waals surface area contributed by atoms with Crippen LogP contribution in [0.3, 0.4) is 0 Å². The van der Waals surface area contributed by atoms with Crippen LogP contribution in [0.2, 0.25) is 5.02 Å².